The average Bonchev–Trinajstić information content (AvgIpc) is 3.30. The number of hydrogen-bond donors (Lipinski definition) is 3. The Balaban J connectivity index is 1.48. The molecule has 0 radical (unpaired) electrons. The van der Waals surface area contributed by atoms with E-state index in [9.17, 15) is 15.3 Å². The maximum atomic E-state index is 11.9. The monoisotopic (exact) mass is 476 g/mol. The molecule has 5 rings (SSSR count). The van der Waals surface area contributed by atoms with Gasteiger partial charge in [-0.2, -0.15) is 0 Å². The second kappa shape index (κ2) is 7.45. The van der Waals surface area contributed by atoms with E-state index in [0.29, 0.717) is 17.8 Å². The van der Waals surface area contributed by atoms with Gasteiger partial charge in [0.05, 0.1) is 29.5 Å². The lowest BCUT2D eigenvalue weighted by atomic mass is 9.35. The van der Waals surface area contributed by atoms with Gasteiger partial charge >= 0.3 is 0 Å². The summed E-state index contributed by atoms with van der Waals surface area (Å²) < 4.78 is 6.66. The van der Waals surface area contributed by atoms with Crippen LogP contribution in [0.25, 0.3) is 0 Å². The molecule has 0 unspecified atom stereocenters. The first-order valence-corrected chi connectivity index (χ1v) is 14.3. The zero-order valence-corrected chi connectivity index (χ0v) is 23.2. The van der Waals surface area contributed by atoms with Crippen LogP contribution < -0.4 is 0 Å². The summed E-state index contributed by atoms with van der Waals surface area (Å²) in [5.41, 5.74) is -0.703. The van der Waals surface area contributed by atoms with E-state index < -0.39 is 5.60 Å². The van der Waals surface area contributed by atoms with Gasteiger partial charge < -0.3 is 20.1 Å². The molecule has 0 aromatic rings. The molecule has 1 saturated heterocycles. The molecule has 4 heteroatoms. The minimum absolute atomic E-state index is 0.0630. The van der Waals surface area contributed by atoms with E-state index in [2.05, 4.69) is 41.5 Å². The highest BCUT2D eigenvalue weighted by Crippen LogP contribution is 2.76. The maximum Gasteiger partial charge on any atom is 0.0865 e. The van der Waals surface area contributed by atoms with Crippen molar-refractivity contribution in [2.24, 2.45) is 45.3 Å². The van der Waals surface area contributed by atoms with Gasteiger partial charge in [0.15, 0.2) is 0 Å². The Morgan fingerprint density at radius 2 is 1.41 bits per heavy atom. The van der Waals surface area contributed by atoms with Crippen LogP contribution in [0, 0.1) is 45.3 Å². The third kappa shape index (κ3) is 3.16. The van der Waals surface area contributed by atoms with Crippen LogP contribution >= 0.6 is 0 Å². The molecular weight excluding hydrogens is 424 g/mol. The topological polar surface area (TPSA) is 69.9 Å². The van der Waals surface area contributed by atoms with Crippen molar-refractivity contribution in [3.05, 3.63) is 0 Å². The van der Waals surface area contributed by atoms with Crippen molar-refractivity contribution in [2.45, 2.75) is 143 Å². The molecule has 0 amide bonds. The predicted molar refractivity (Wildman–Crippen MR) is 135 cm³/mol. The SMILES string of the molecule is CC(C)(O)[C@H]1CC[C@@](C)([C@H]2CC[C@]3(C)[C@@H]2[C@H](O)C[C@H]2[C@@]4(C)CC[C@@H](O)C(C)(C)[C@H]4CC[C@]23C)O1. The Morgan fingerprint density at radius 1 is 0.765 bits per heavy atom. The Hall–Kier alpha value is -0.160. The lowest BCUT2D eigenvalue weighted by Gasteiger charge is -2.70. The summed E-state index contributed by atoms with van der Waals surface area (Å²) in [6.45, 7) is 18.1. The quantitative estimate of drug-likeness (QED) is 0.477. The van der Waals surface area contributed by atoms with Crippen molar-refractivity contribution in [3.8, 4) is 0 Å². The molecule has 4 nitrogen and oxygen atoms in total. The molecule has 0 aromatic heterocycles. The van der Waals surface area contributed by atoms with E-state index in [4.69, 9.17) is 4.74 Å². The Bertz CT molecular complexity index is 817. The average molecular weight is 477 g/mol. The Kier molecular flexibility index (Phi) is 5.59. The van der Waals surface area contributed by atoms with E-state index >= 15 is 0 Å². The number of hydrogen-bond acceptors (Lipinski definition) is 4. The minimum atomic E-state index is -0.826. The van der Waals surface area contributed by atoms with Crippen LogP contribution in [0.2, 0.25) is 0 Å². The molecule has 4 aliphatic carbocycles. The van der Waals surface area contributed by atoms with E-state index in [1.807, 2.05) is 13.8 Å². The lowest BCUT2D eigenvalue weighted by molar-refractivity contribution is -0.248. The second-order valence-electron chi connectivity index (χ2n) is 15.4. The maximum absolute atomic E-state index is 11.9. The summed E-state index contributed by atoms with van der Waals surface area (Å²) >= 11 is 0. The molecule has 4 saturated carbocycles. The number of fused-ring (bicyclic) bond motifs is 5. The molecule has 1 aliphatic heterocycles. The fraction of sp³-hybridized carbons (Fsp3) is 1.00. The van der Waals surface area contributed by atoms with Gasteiger partial charge in [0.2, 0.25) is 0 Å². The highest BCUT2D eigenvalue weighted by molar-refractivity contribution is 5.20. The van der Waals surface area contributed by atoms with Crippen LogP contribution in [0.3, 0.4) is 0 Å². The molecule has 34 heavy (non-hydrogen) atoms. The molecule has 0 spiro atoms. The van der Waals surface area contributed by atoms with Crippen molar-refractivity contribution >= 4 is 0 Å². The van der Waals surface area contributed by atoms with Crippen molar-refractivity contribution in [1.82, 2.24) is 0 Å². The summed E-state index contributed by atoms with van der Waals surface area (Å²) in [7, 11) is 0. The van der Waals surface area contributed by atoms with Crippen molar-refractivity contribution in [3.63, 3.8) is 0 Å². The van der Waals surface area contributed by atoms with Crippen LogP contribution in [0.15, 0.2) is 0 Å². The Morgan fingerprint density at radius 3 is 2.03 bits per heavy atom. The van der Waals surface area contributed by atoms with Gasteiger partial charge in [-0.3, -0.25) is 0 Å². The summed E-state index contributed by atoms with van der Waals surface area (Å²) in [5.74, 6) is 1.59. The summed E-state index contributed by atoms with van der Waals surface area (Å²) in [6, 6.07) is 0. The molecular formula is C30H52O4. The number of ether oxygens (including phenoxy) is 1. The predicted octanol–water partition coefficient (Wildman–Crippen LogP) is 5.71. The fourth-order valence-corrected chi connectivity index (χ4v) is 11.1. The van der Waals surface area contributed by atoms with Gasteiger partial charge in [-0.25, -0.2) is 0 Å². The molecule has 0 aromatic carbocycles. The minimum Gasteiger partial charge on any atom is -0.393 e. The van der Waals surface area contributed by atoms with Crippen molar-refractivity contribution in [2.75, 3.05) is 0 Å². The number of aliphatic hydroxyl groups excluding tert-OH is 2. The largest absolute Gasteiger partial charge is 0.393 e. The van der Waals surface area contributed by atoms with Crippen LogP contribution in [-0.2, 0) is 4.74 Å². The normalized spacial score (nSPS) is 57.1. The van der Waals surface area contributed by atoms with E-state index in [-0.39, 0.29) is 51.5 Å². The third-order valence-corrected chi connectivity index (χ3v) is 13.3. The van der Waals surface area contributed by atoms with Gasteiger partial charge in [0, 0.05) is 0 Å². The third-order valence-electron chi connectivity index (χ3n) is 13.3. The van der Waals surface area contributed by atoms with Crippen LogP contribution in [0.1, 0.15) is 113 Å². The van der Waals surface area contributed by atoms with Crippen LogP contribution in [-0.4, -0.2) is 44.8 Å². The Labute approximate surface area is 208 Å². The molecule has 5 fully saturated rings. The van der Waals surface area contributed by atoms with Gasteiger partial charge in [-0.15, -0.1) is 0 Å². The second-order valence-corrected chi connectivity index (χ2v) is 15.4. The molecule has 11 atom stereocenters. The van der Waals surface area contributed by atoms with E-state index in [1.165, 1.54) is 12.8 Å². The molecule has 5 aliphatic rings. The van der Waals surface area contributed by atoms with Crippen LogP contribution in [0.5, 0.6) is 0 Å². The fourth-order valence-electron chi connectivity index (χ4n) is 11.1. The first kappa shape index (κ1) is 25.5. The summed E-state index contributed by atoms with van der Waals surface area (Å²) in [5, 5.41) is 33.4. The standard InChI is InChI=1S/C30H52O4/c1-25(2)20-10-15-28(6)21(27(20,5)13-11-22(25)32)17-19(31)24-18(9-14-29(24,28)7)30(8)16-12-23(34-30)26(3,4)33/h18-24,31-33H,9-17H2,1-8H3/t18-,19+,20+,21-,22+,23+,24-,27-,28+,29+,30-/m0/s1. The van der Waals surface area contributed by atoms with Crippen molar-refractivity contribution in [1.29, 1.82) is 0 Å². The van der Waals surface area contributed by atoms with Gasteiger partial charge in [-0.1, -0.05) is 34.6 Å². The first-order chi connectivity index (χ1) is 15.5. The number of rotatable bonds is 2. The van der Waals surface area contributed by atoms with Crippen molar-refractivity contribution < 1.29 is 20.1 Å². The van der Waals surface area contributed by atoms with Gasteiger partial charge in [0.1, 0.15) is 0 Å². The van der Waals surface area contributed by atoms with Gasteiger partial charge in [-0.05, 0) is 124 Å². The smallest absolute Gasteiger partial charge is 0.0865 e. The zero-order valence-electron chi connectivity index (χ0n) is 23.2. The van der Waals surface area contributed by atoms with E-state index in [0.717, 1.165) is 44.9 Å². The zero-order chi connectivity index (χ0) is 25.1. The van der Waals surface area contributed by atoms with E-state index in [1.54, 1.807) is 0 Å². The number of aliphatic hydroxyl groups is 3. The van der Waals surface area contributed by atoms with Gasteiger partial charge in [0.25, 0.3) is 0 Å². The highest BCUT2D eigenvalue weighted by Gasteiger charge is 2.71. The molecule has 1 heterocycles. The summed E-state index contributed by atoms with van der Waals surface area (Å²) in [6.07, 6.45) is 8.72. The molecule has 0 bridgehead atoms. The summed E-state index contributed by atoms with van der Waals surface area (Å²) in [4.78, 5) is 0. The first-order valence-electron chi connectivity index (χ1n) is 14.3. The van der Waals surface area contributed by atoms with Crippen LogP contribution in [0.4, 0.5) is 0 Å². The lowest BCUT2D eigenvalue weighted by Crippen LogP contribution is -2.66. The molecule has 3 N–H and O–H groups in total. The molecule has 196 valence electrons. The highest BCUT2D eigenvalue weighted by atomic mass is 16.5.